The lowest BCUT2D eigenvalue weighted by molar-refractivity contribution is 0.0572. The minimum atomic E-state index is -0.311. The van der Waals surface area contributed by atoms with Crippen LogP contribution in [0.3, 0.4) is 0 Å². The second kappa shape index (κ2) is 6.64. The lowest BCUT2D eigenvalue weighted by Crippen LogP contribution is -2.50. The monoisotopic (exact) mass is 313 g/mol. The van der Waals surface area contributed by atoms with Crippen molar-refractivity contribution in [1.82, 2.24) is 14.8 Å². The first kappa shape index (κ1) is 15.3. The largest absolute Gasteiger partial charge is 0.450 e. The highest BCUT2D eigenvalue weighted by atomic mass is 16.6. The quantitative estimate of drug-likeness (QED) is 0.852. The third-order valence-corrected chi connectivity index (χ3v) is 3.97. The fourth-order valence-corrected chi connectivity index (χ4v) is 2.76. The lowest BCUT2D eigenvalue weighted by atomic mass is 10.1. The Morgan fingerprint density at radius 3 is 2.52 bits per heavy atom. The molecule has 2 amide bonds. The van der Waals surface area contributed by atoms with Gasteiger partial charge in [-0.1, -0.05) is 18.2 Å². The third kappa shape index (κ3) is 3.11. The number of carbonyl (C=O) groups is 2. The summed E-state index contributed by atoms with van der Waals surface area (Å²) in [5, 5.41) is 0.854. The summed E-state index contributed by atoms with van der Waals surface area (Å²) in [5.74, 6) is -0.0212. The number of aromatic nitrogens is 1. The summed E-state index contributed by atoms with van der Waals surface area (Å²) in [6.07, 6.45) is 1.35. The van der Waals surface area contributed by atoms with Gasteiger partial charge in [-0.2, -0.15) is 0 Å². The summed E-state index contributed by atoms with van der Waals surface area (Å²) >= 11 is 0. The van der Waals surface area contributed by atoms with E-state index in [-0.39, 0.29) is 12.0 Å². The molecule has 0 bridgehead atoms. The van der Waals surface area contributed by atoms with Crippen LogP contribution in [0.15, 0.2) is 36.5 Å². The molecule has 1 saturated heterocycles. The van der Waals surface area contributed by atoms with Crippen molar-refractivity contribution in [3.63, 3.8) is 0 Å². The second-order valence-corrected chi connectivity index (χ2v) is 5.35. The summed E-state index contributed by atoms with van der Waals surface area (Å²) in [6, 6.07) is 9.36. The molecule has 1 aromatic heterocycles. The molecule has 2 aromatic rings. The number of hydrogen-bond acceptors (Lipinski definition) is 4. The molecule has 2 heterocycles. The molecular weight excluding hydrogens is 294 g/mol. The number of nitrogens with zero attached hydrogens (tertiary/aromatic N) is 3. The molecule has 6 nitrogen and oxygen atoms in total. The fourth-order valence-electron chi connectivity index (χ4n) is 2.76. The van der Waals surface area contributed by atoms with E-state index in [1.807, 2.05) is 24.3 Å². The minimum Gasteiger partial charge on any atom is -0.450 e. The standard InChI is InChI=1S/C17H19N3O3/c1-2-23-17(22)20-11-9-19(10-12-20)16(21)14-7-8-18-15-6-4-3-5-13(14)15/h3-8H,2,9-12H2,1H3. The zero-order valence-electron chi connectivity index (χ0n) is 13.1. The molecule has 1 fully saturated rings. The molecule has 1 aliphatic heterocycles. The Morgan fingerprint density at radius 2 is 1.78 bits per heavy atom. The van der Waals surface area contributed by atoms with Crippen molar-refractivity contribution in [3.8, 4) is 0 Å². The van der Waals surface area contributed by atoms with Crippen LogP contribution in [-0.4, -0.2) is 59.6 Å². The zero-order valence-corrected chi connectivity index (χ0v) is 13.1. The van der Waals surface area contributed by atoms with Crippen LogP contribution in [0.4, 0.5) is 4.79 Å². The normalized spacial score (nSPS) is 14.8. The molecular formula is C17H19N3O3. The maximum absolute atomic E-state index is 12.8. The molecule has 0 aliphatic carbocycles. The van der Waals surface area contributed by atoms with Crippen molar-refractivity contribution >= 4 is 22.9 Å². The molecule has 0 spiro atoms. The van der Waals surface area contributed by atoms with E-state index >= 15 is 0 Å². The number of amides is 2. The molecule has 0 radical (unpaired) electrons. The van der Waals surface area contributed by atoms with E-state index in [2.05, 4.69) is 4.98 Å². The van der Waals surface area contributed by atoms with Crippen LogP contribution < -0.4 is 0 Å². The summed E-state index contributed by atoms with van der Waals surface area (Å²) < 4.78 is 4.99. The Kier molecular flexibility index (Phi) is 4.41. The van der Waals surface area contributed by atoms with Crippen molar-refractivity contribution in [2.45, 2.75) is 6.92 Å². The fraction of sp³-hybridized carbons (Fsp3) is 0.353. The zero-order chi connectivity index (χ0) is 16.2. The average Bonchev–Trinajstić information content (AvgIpc) is 2.61. The topological polar surface area (TPSA) is 62.7 Å². The first-order valence-corrected chi connectivity index (χ1v) is 7.75. The summed E-state index contributed by atoms with van der Waals surface area (Å²) in [5.41, 5.74) is 1.46. The molecule has 0 atom stereocenters. The molecule has 120 valence electrons. The summed E-state index contributed by atoms with van der Waals surface area (Å²) in [4.78, 5) is 32.2. The molecule has 0 unspecified atom stereocenters. The number of pyridine rings is 1. The number of carbonyl (C=O) groups excluding carboxylic acids is 2. The van der Waals surface area contributed by atoms with Gasteiger partial charge in [-0.15, -0.1) is 0 Å². The van der Waals surface area contributed by atoms with Crippen LogP contribution >= 0.6 is 0 Å². The van der Waals surface area contributed by atoms with Gasteiger partial charge < -0.3 is 14.5 Å². The van der Waals surface area contributed by atoms with Crippen molar-refractivity contribution in [2.24, 2.45) is 0 Å². The highest BCUT2D eigenvalue weighted by Gasteiger charge is 2.26. The molecule has 1 aliphatic rings. The van der Waals surface area contributed by atoms with Gasteiger partial charge in [0.25, 0.3) is 5.91 Å². The van der Waals surface area contributed by atoms with Gasteiger partial charge in [-0.25, -0.2) is 4.79 Å². The van der Waals surface area contributed by atoms with E-state index in [0.29, 0.717) is 38.3 Å². The summed E-state index contributed by atoms with van der Waals surface area (Å²) in [7, 11) is 0. The first-order valence-electron chi connectivity index (χ1n) is 7.75. The van der Waals surface area contributed by atoms with Gasteiger partial charge in [0.1, 0.15) is 0 Å². The Morgan fingerprint density at radius 1 is 1.09 bits per heavy atom. The number of rotatable bonds is 2. The summed E-state index contributed by atoms with van der Waals surface area (Å²) in [6.45, 7) is 4.15. The Labute approximate surface area is 134 Å². The van der Waals surface area contributed by atoms with Crippen LogP contribution in [0.1, 0.15) is 17.3 Å². The molecule has 23 heavy (non-hydrogen) atoms. The predicted octanol–water partition coefficient (Wildman–Crippen LogP) is 2.15. The van der Waals surface area contributed by atoms with E-state index in [1.54, 1.807) is 29.0 Å². The first-order chi connectivity index (χ1) is 11.2. The Bertz CT molecular complexity index is 719. The molecule has 3 rings (SSSR count). The van der Waals surface area contributed by atoms with Gasteiger partial charge in [0, 0.05) is 37.8 Å². The van der Waals surface area contributed by atoms with Gasteiger partial charge in [-0.05, 0) is 19.1 Å². The highest BCUT2D eigenvalue weighted by molar-refractivity contribution is 6.06. The number of benzene rings is 1. The molecule has 0 N–H and O–H groups in total. The minimum absolute atomic E-state index is 0.0212. The van der Waals surface area contributed by atoms with E-state index in [4.69, 9.17) is 4.74 Å². The van der Waals surface area contributed by atoms with Gasteiger partial charge in [0.2, 0.25) is 0 Å². The van der Waals surface area contributed by atoms with Crippen LogP contribution in [0.25, 0.3) is 10.9 Å². The van der Waals surface area contributed by atoms with E-state index in [1.165, 1.54) is 0 Å². The maximum Gasteiger partial charge on any atom is 0.409 e. The van der Waals surface area contributed by atoms with Crippen molar-refractivity contribution in [1.29, 1.82) is 0 Å². The Balaban J connectivity index is 1.73. The van der Waals surface area contributed by atoms with E-state index in [0.717, 1.165) is 10.9 Å². The molecule has 0 saturated carbocycles. The third-order valence-electron chi connectivity index (χ3n) is 3.97. The van der Waals surface area contributed by atoms with E-state index in [9.17, 15) is 9.59 Å². The molecule has 6 heteroatoms. The predicted molar refractivity (Wildman–Crippen MR) is 86.2 cm³/mol. The van der Waals surface area contributed by atoms with Crippen LogP contribution in [0.5, 0.6) is 0 Å². The average molecular weight is 313 g/mol. The molecule has 1 aromatic carbocycles. The van der Waals surface area contributed by atoms with Gasteiger partial charge in [0.05, 0.1) is 17.7 Å². The van der Waals surface area contributed by atoms with Gasteiger partial charge in [-0.3, -0.25) is 9.78 Å². The number of hydrogen-bond donors (Lipinski definition) is 0. The van der Waals surface area contributed by atoms with E-state index < -0.39 is 0 Å². The number of ether oxygens (including phenoxy) is 1. The van der Waals surface area contributed by atoms with Crippen LogP contribution in [0.2, 0.25) is 0 Å². The van der Waals surface area contributed by atoms with Crippen LogP contribution in [0, 0.1) is 0 Å². The SMILES string of the molecule is CCOC(=O)N1CCN(C(=O)c2ccnc3ccccc23)CC1. The number of fused-ring (bicyclic) bond motifs is 1. The van der Waals surface area contributed by atoms with Crippen molar-refractivity contribution in [3.05, 3.63) is 42.1 Å². The van der Waals surface area contributed by atoms with Gasteiger partial charge >= 0.3 is 6.09 Å². The smallest absolute Gasteiger partial charge is 0.409 e. The lowest BCUT2D eigenvalue weighted by Gasteiger charge is -2.34. The van der Waals surface area contributed by atoms with Crippen molar-refractivity contribution < 1.29 is 14.3 Å². The number of para-hydroxylation sites is 1. The number of piperazine rings is 1. The maximum atomic E-state index is 12.8. The van der Waals surface area contributed by atoms with Crippen LogP contribution in [-0.2, 0) is 4.74 Å². The Hall–Kier alpha value is -2.63. The van der Waals surface area contributed by atoms with Crippen molar-refractivity contribution in [2.75, 3.05) is 32.8 Å². The highest BCUT2D eigenvalue weighted by Crippen LogP contribution is 2.19. The second-order valence-electron chi connectivity index (χ2n) is 5.35. The van der Waals surface area contributed by atoms with Gasteiger partial charge in [0.15, 0.2) is 0 Å².